The standard InChI is InChI=1S/C26H22BrClN2O3/c1-15-13-18(16(2)29(15)20-11-9-19(27)10-12-20)14-21-24(26(32)33-4)17(3)30(25(21)31)23-8-6-5-7-22(23)28/h5-14H,1-4H3/b21-14-. The van der Waals surface area contributed by atoms with Gasteiger partial charge in [-0.25, -0.2) is 4.79 Å². The van der Waals surface area contributed by atoms with Gasteiger partial charge in [0, 0.05) is 27.2 Å². The third kappa shape index (κ3) is 4.05. The van der Waals surface area contributed by atoms with Crippen molar-refractivity contribution in [1.82, 2.24) is 4.57 Å². The molecule has 0 saturated heterocycles. The lowest BCUT2D eigenvalue weighted by Gasteiger charge is -2.19. The van der Waals surface area contributed by atoms with Gasteiger partial charge in [-0.3, -0.25) is 9.69 Å². The minimum atomic E-state index is -0.566. The van der Waals surface area contributed by atoms with Gasteiger partial charge in [-0.15, -0.1) is 0 Å². The Bertz CT molecular complexity index is 1340. The predicted octanol–water partition coefficient (Wildman–Crippen LogP) is 6.39. The number of esters is 1. The average Bonchev–Trinajstić information content (AvgIpc) is 3.20. The number of para-hydroxylation sites is 1. The quantitative estimate of drug-likeness (QED) is 0.293. The first-order valence-electron chi connectivity index (χ1n) is 10.3. The number of rotatable bonds is 4. The molecule has 0 spiro atoms. The molecule has 0 aliphatic carbocycles. The van der Waals surface area contributed by atoms with Gasteiger partial charge in [-0.05, 0) is 74.9 Å². The molecule has 1 amide bonds. The molecule has 5 nitrogen and oxygen atoms in total. The van der Waals surface area contributed by atoms with Gasteiger partial charge in [0.25, 0.3) is 5.91 Å². The summed E-state index contributed by atoms with van der Waals surface area (Å²) >= 11 is 9.84. The monoisotopic (exact) mass is 524 g/mol. The Balaban J connectivity index is 1.86. The molecule has 2 aromatic carbocycles. The zero-order chi connectivity index (χ0) is 23.9. The molecule has 0 bridgehead atoms. The van der Waals surface area contributed by atoms with E-state index in [-0.39, 0.29) is 17.1 Å². The van der Waals surface area contributed by atoms with Crippen LogP contribution in [0.15, 0.2) is 75.9 Å². The van der Waals surface area contributed by atoms with Crippen LogP contribution in [0.3, 0.4) is 0 Å². The van der Waals surface area contributed by atoms with Crippen molar-refractivity contribution >= 4 is 51.2 Å². The van der Waals surface area contributed by atoms with Crippen LogP contribution < -0.4 is 4.90 Å². The van der Waals surface area contributed by atoms with Crippen molar-refractivity contribution in [3.05, 3.63) is 97.9 Å². The van der Waals surface area contributed by atoms with E-state index in [4.69, 9.17) is 16.3 Å². The summed E-state index contributed by atoms with van der Waals surface area (Å²) in [6.07, 6.45) is 1.76. The lowest BCUT2D eigenvalue weighted by molar-refractivity contribution is -0.136. The van der Waals surface area contributed by atoms with E-state index in [1.165, 1.54) is 12.0 Å². The second-order valence-electron chi connectivity index (χ2n) is 7.74. The highest BCUT2D eigenvalue weighted by Crippen LogP contribution is 2.39. The van der Waals surface area contributed by atoms with Crippen LogP contribution in [0.1, 0.15) is 23.9 Å². The van der Waals surface area contributed by atoms with Crippen LogP contribution in [0.4, 0.5) is 5.69 Å². The second-order valence-corrected chi connectivity index (χ2v) is 9.06. The largest absolute Gasteiger partial charge is 0.465 e. The number of aryl methyl sites for hydroxylation is 1. The number of halogens is 2. The first-order valence-corrected chi connectivity index (χ1v) is 11.5. The Morgan fingerprint density at radius 1 is 1.06 bits per heavy atom. The summed E-state index contributed by atoms with van der Waals surface area (Å²) in [5.41, 5.74) is 5.32. The van der Waals surface area contributed by atoms with E-state index in [0.29, 0.717) is 16.4 Å². The number of ether oxygens (including phenoxy) is 1. The highest BCUT2D eigenvalue weighted by Gasteiger charge is 2.38. The number of anilines is 1. The second kappa shape index (κ2) is 9.04. The van der Waals surface area contributed by atoms with Crippen molar-refractivity contribution in [2.75, 3.05) is 12.0 Å². The maximum absolute atomic E-state index is 13.6. The molecule has 3 aromatic rings. The Morgan fingerprint density at radius 3 is 2.36 bits per heavy atom. The summed E-state index contributed by atoms with van der Waals surface area (Å²) in [6.45, 7) is 5.71. The van der Waals surface area contributed by atoms with Crippen molar-refractivity contribution in [2.45, 2.75) is 20.8 Å². The molecule has 0 saturated carbocycles. The highest BCUT2D eigenvalue weighted by molar-refractivity contribution is 9.10. The van der Waals surface area contributed by atoms with Crippen LogP contribution in [-0.2, 0) is 14.3 Å². The Labute approximate surface area is 206 Å². The van der Waals surface area contributed by atoms with Crippen molar-refractivity contribution in [3.8, 4) is 5.69 Å². The number of allylic oxidation sites excluding steroid dienone is 1. The minimum absolute atomic E-state index is 0.232. The number of carbonyl (C=O) groups excluding carboxylic acids is 2. The topological polar surface area (TPSA) is 51.5 Å². The maximum atomic E-state index is 13.6. The summed E-state index contributed by atoms with van der Waals surface area (Å²) in [5.74, 6) is -0.891. The number of methoxy groups -OCH3 is 1. The molecule has 0 unspecified atom stereocenters. The van der Waals surface area contributed by atoms with Crippen molar-refractivity contribution in [2.24, 2.45) is 0 Å². The van der Waals surface area contributed by atoms with Gasteiger partial charge in [-0.1, -0.05) is 39.7 Å². The van der Waals surface area contributed by atoms with E-state index in [1.807, 2.05) is 44.2 Å². The van der Waals surface area contributed by atoms with E-state index in [1.54, 1.807) is 37.3 Å². The van der Waals surface area contributed by atoms with Gasteiger partial charge >= 0.3 is 5.97 Å². The molecule has 0 fully saturated rings. The van der Waals surface area contributed by atoms with Crippen molar-refractivity contribution in [1.29, 1.82) is 0 Å². The van der Waals surface area contributed by atoms with Gasteiger partial charge in [-0.2, -0.15) is 0 Å². The minimum Gasteiger partial charge on any atom is -0.465 e. The summed E-state index contributed by atoms with van der Waals surface area (Å²) < 4.78 is 8.12. The normalized spacial score (nSPS) is 15.0. The number of hydrogen-bond acceptors (Lipinski definition) is 3. The molecule has 7 heteroatoms. The smallest absolute Gasteiger partial charge is 0.340 e. The number of nitrogens with zero attached hydrogens (tertiary/aromatic N) is 2. The first kappa shape index (κ1) is 23.1. The van der Waals surface area contributed by atoms with E-state index < -0.39 is 5.97 Å². The molecule has 0 radical (unpaired) electrons. The molecule has 1 aromatic heterocycles. The molecule has 1 aliphatic heterocycles. The molecule has 2 heterocycles. The first-order chi connectivity index (χ1) is 15.7. The van der Waals surface area contributed by atoms with Crippen LogP contribution in [0.25, 0.3) is 11.8 Å². The predicted molar refractivity (Wildman–Crippen MR) is 135 cm³/mol. The molecular formula is C26H22BrClN2O3. The number of carbonyl (C=O) groups is 2. The fraction of sp³-hybridized carbons (Fsp3) is 0.154. The van der Waals surface area contributed by atoms with E-state index in [0.717, 1.165) is 27.1 Å². The third-order valence-corrected chi connectivity index (χ3v) is 6.59. The van der Waals surface area contributed by atoms with Gasteiger partial charge in [0.15, 0.2) is 0 Å². The molecule has 4 rings (SSSR count). The third-order valence-electron chi connectivity index (χ3n) is 5.74. The molecule has 168 valence electrons. The summed E-state index contributed by atoms with van der Waals surface area (Å²) in [4.78, 5) is 27.7. The fourth-order valence-corrected chi connectivity index (χ4v) is 4.66. The van der Waals surface area contributed by atoms with Crippen LogP contribution in [0.5, 0.6) is 0 Å². The lowest BCUT2D eigenvalue weighted by Crippen LogP contribution is -2.24. The SMILES string of the molecule is COC(=O)C1=C(C)N(c2ccccc2Cl)C(=O)/C1=C\c1cc(C)n(-c2ccc(Br)cc2)c1C. The molecule has 0 N–H and O–H groups in total. The number of amides is 1. The fourth-order valence-electron chi connectivity index (χ4n) is 4.18. The van der Waals surface area contributed by atoms with Gasteiger partial charge in [0.2, 0.25) is 0 Å². The lowest BCUT2D eigenvalue weighted by atomic mass is 10.0. The Hall–Kier alpha value is -3.09. The van der Waals surface area contributed by atoms with Gasteiger partial charge in [0.05, 0.1) is 29.0 Å². The average molecular weight is 526 g/mol. The molecule has 0 atom stereocenters. The molecule has 1 aliphatic rings. The van der Waals surface area contributed by atoms with Crippen molar-refractivity contribution < 1.29 is 14.3 Å². The molecular weight excluding hydrogens is 504 g/mol. The number of hydrogen-bond donors (Lipinski definition) is 0. The summed E-state index contributed by atoms with van der Waals surface area (Å²) in [6, 6.07) is 17.1. The molecule has 33 heavy (non-hydrogen) atoms. The summed E-state index contributed by atoms with van der Waals surface area (Å²) in [7, 11) is 1.31. The van der Waals surface area contributed by atoms with E-state index >= 15 is 0 Å². The van der Waals surface area contributed by atoms with Crippen molar-refractivity contribution in [3.63, 3.8) is 0 Å². The zero-order valence-electron chi connectivity index (χ0n) is 18.6. The Kier molecular flexibility index (Phi) is 6.32. The zero-order valence-corrected chi connectivity index (χ0v) is 21.0. The van der Waals surface area contributed by atoms with Crippen LogP contribution in [0.2, 0.25) is 5.02 Å². The number of aromatic nitrogens is 1. The van der Waals surface area contributed by atoms with Gasteiger partial charge in [0.1, 0.15) is 0 Å². The highest BCUT2D eigenvalue weighted by atomic mass is 79.9. The number of benzene rings is 2. The maximum Gasteiger partial charge on any atom is 0.340 e. The summed E-state index contributed by atoms with van der Waals surface area (Å²) in [5, 5.41) is 0.420. The van der Waals surface area contributed by atoms with Crippen LogP contribution >= 0.6 is 27.5 Å². The van der Waals surface area contributed by atoms with Gasteiger partial charge < -0.3 is 9.30 Å². The van der Waals surface area contributed by atoms with Crippen LogP contribution in [0, 0.1) is 13.8 Å². The van der Waals surface area contributed by atoms with E-state index in [9.17, 15) is 9.59 Å². The Morgan fingerprint density at radius 2 is 1.73 bits per heavy atom. The van der Waals surface area contributed by atoms with Crippen LogP contribution in [-0.4, -0.2) is 23.6 Å². The van der Waals surface area contributed by atoms with E-state index in [2.05, 4.69) is 20.5 Å².